The van der Waals surface area contributed by atoms with Gasteiger partial charge in [0.25, 0.3) is 0 Å². The number of amides is 2. The molecule has 6 nitrogen and oxygen atoms in total. The zero-order valence-electron chi connectivity index (χ0n) is 19.9. The van der Waals surface area contributed by atoms with Crippen molar-refractivity contribution < 1.29 is 17.6 Å². The van der Waals surface area contributed by atoms with Gasteiger partial charge in [-0.25, -0.2) is 22.3 Å². The van der Waals surface area contributed by atoms with Crippen LogP contribution in [0.4, 0.5) is 20.6 Å². The zero-order valence-corrected chi connectivity index (χ0v) is 20.7. The predicted molar refractivity (Wildman–Crippen MR) is 134 cm³/mol. The van der Waals surface area contributed by atoms with E-state index in [1.54, 1.807) is 26.0 Å². The molecular formula is C26H30FN3O3S. The maximum atomic E-state index is 13.4. The largest absolute Gasteiger partial charge is 0.326 e. The van der Waals surface area contributed by atoms with Crippen LogP contribution >= 0.6 is 0 Å². The second-order valence-electron chi connectivity index (χ2n) is 8.40. The minimum Gasteiger partial charge on any atom is -0.308 e. The molecule has 0 radical (unpaired) electrons. The van der Waals surface area contributed by atoms with E-state index in [0.717, 1.165) is 11.1 Å². The lowest BCUT2D eigenvalue weighted by Gasteiger charge is -2.23. The Morgan fingerprint density at radius 3 is 2.06 bits per heavy atom. The van der Waals surface area contributed by atoms with Crippen molar-refractivity contribution >= 4 is 27.4 Å². The van der Waals surface area contributed by atoms with Crippen LogP contribution in [0.2, 0.25) is 0 Å². The molecule has 2 amide bonds. The number of nitrogens with one attached hydrogen (secondary N) is 2. The van der Waals surface area contributed by atoms with Crippen LogP contribution in [0.1, 0.15) is 28.7 Å². The Bertz CT molecular complexity index is 1230. The van der Waals surface area contributed by atoms with Gasteiger partial charge in [-0.15, -0.1) is 0 Å². The first-order chi connectivity index (χ1) is 16.1. The first-order valence-corrected chi connectivity index (χ1v) is 12.5. The van der Waals surface area contributed by atoms with E-state index in [1.165, 1.54) is 29.2 Å². The van der Waals surface area contributed by atoms with Gasteiger partial charge in [-0.1, -0.05) is 35.4 Å². The summed E-state index contributed by atoms with van der Waals surface area (Å²) in [7, 11) is -3.70. The average molecular weight is 484 g/mol. The van der Waals surface area contributed by atoms with Gasteiger partial charge in [-0.2, -0.15) is 0 Å². The quantitative estimate of drug-likeness (QED) is 0.417. The van der Waals surface area contributed by atoms with Crippen molar-refractivity contribution in [1.82, 2.24) is 4.72 Å². The molecule has 0 heterocycles. The third-order valence-corrected chi connectivity index (χ3v) is 7.18. The smallest absolute Gasteiger partial charge is 0.308 e. The maximum absolute atomic E-state index is 13.4. The molecule has 0 spiro atoms. The van der Waals surface area contributed by atoms with E-state index in [1.807, 2.05) is 38.1 Å². The van der Waals surface area contributed by atoms with Crippen LogP contribution < -0.4 is 14.9 Å². The summed E-state index contributed by atoms with van der Waals surface area (Å²) in [5, 5.41) is 2.84. The number of hydrogen-bond donors (Lipinski definition) is 2. The van der Waals surface area contributed by atoms with E-state index in [0.29, 0.717) is 28.9 Å². The summed E-state index contributed by atoms with van der Waals surface area (Å²) in [5.41, 5.74) is 4.60. The van der Waals surface area contributed by atoms with E-state index in [9.17, 15) is 17.6 Å². The number of carbonyl (C=O) groups is 1. The Morgan fingerprint density at radius 2 is 1.47 bits per heavy atom. The Morgan fingerprint density at radius 1 is 0.882 bits per heavy atom. The summed E-state index contributed by atoms with van der Waals surface area (Å²) in [5.74, 6) is -0.403. The Kier molecular flexibility index (Phi) is 8.06. The molecule has 0 aliphatic carbocycles. The van der Waals surface area contributed by atoms with Crippen molar-refractivity contribution in [3.05, 3.63) is 88.7 Å². The minimum absolute atomic E-state index is 0.143. The summed E-state index contributed by atoms with van der Waals surface area (Å²) in [6.45, 7) is 7.81. The molecule has 8 heteroatoms. The standard InChI is InChI=1S/C26H30FN3O3S/c1-18-6-10-23(11-7-18)29-26(31)30(24-12-8-22(27)9-13-24)15-5-14-28-34(32,33)25-20(3)16-19(2)17-21(25)4/h6-13,16-17,28H,5,14-15H2,1-4H3,(H,29,31). The fourth-order valence-electron chi connectivity index (χ4n) is 3.90. The van der Waals surface area contributed by atoms with Crippen molar-refractivity contribution in [3.8, 4) is 0 Å². The molecule has 2 N–H and O–H groups in total. The number of nitrogens with zero attached hydrogens (tertiary/aromatic N) is 1. The normalized spacial score (nSPS) is 11.3. The van der Waals surface area contributed by atoms with Crippen LogP contribution in [0.5, 0.6) is 0 Å². The van der Waals surface area contributed by atoms with Crippen molar-refractivity contribution in [2.24, 2.45) is 0 Å². The van der Waals surface area contributed by atoms with E-state index >= 15 is 0 Å². The van der Waals surface area contributed by atoms with Crippen molar-refractivity contribution in [2.45, 2.75) is 39.0 Å². The molecule has 0 saturated heterocycles. The summed E-state index contributed by atoms with van der Waals surface area (Å²) in [4.78, 5) is 14.8. The van der Waals surface area contributed by atoms with Gasteiger partial charge >= 0.3 is 6.03 Å². The Labute approximate surface area is 200 Å². The highest BCUT2D eigenvalue weighted by Crippen LogP contribution is 2.22. The molecule has 0 atom stereocenters. The molecule has 0 saturated carbocycles. The molecule has 0 unspecified atom stereocenters. The fraction of sp³-hybridized carbons (Fsp3) is 0.269. The van der Waals surface area contributed by atoms with Crippen LogP contribution in [0.3, 0.4) is 0 Å². The highest BCUT2D eigenvalue weighted by atomic mass is 32.2. The summed E-state index contributed by atoms with van der Waals surface area (Å²) < 4.78 is 41.9. The van der Waals surface area contributed by atoms with Gasteiger partial charge in [-0.05, 0) is 81.6 Å². The van der Waals surface area contributed by atoms with Gasteiger partial charge in [0, 0.05) is 24.5 Å². The monoisotopic (exact) mass is 483 g/mol. The molecule has 0 fully saturated rings. The molecule has 3 rings (SSSR count). The van der Waals surface area contributed by atoms with Gasteiger partial charge in [0.1, 0.15) is 5.82 Å². The summed E-state index contributed by atoms with van der Waals surface area (Å²) in [6, 6.07) is 16.3. The fourth-order valence-corrected chi connectivity index (χ4v) is 5.43. The highest BCUT2D eigenvalue weighted by molar-refractivity contribution is 7.89. The number of hydrogen-bond acceptors (Lipinski definition) is 3. The molecule has 0 aliphatic rings. The minimum atomic E-state index is -3.70. The van der Waals surface area contributed by atoms with Gasteiger partial charge in [-0.3, -0.25) is 4.90 Å². The molecule has 180 valence electrons. The molecule has 34 heavy (non-hydrogen) atoms. The number of anilines is 2. The third kappa shape index (κ3) is 6.42. The molecular weight excluding hydrogens is 453 g/mol. The second-order valence-corrected chi connectivity index (χ2v) is 10.1. The maximum Gasteiger partial charge on any atom is 0.326 e. The number of sulfonamides is 1. The van der Waals surface area contributed by atoms with Gasteiger partial charge in [0.05, 0.1) is 4.90 Å². The lowest BCUT2D eigenvalue weighted by atomic mass is 10.1. The number of urea groups is 1. The van der Waals surface area contributed by atoms with E-state index in [4.69, 9.17) is 0 Å². The third-order valence-electron chi connectivity index (χ3n) is 5.41. The van der Waals surface area contributed by atoms with Gasteiger partial charge in [0.15, 0.2) is 0 Å². The summed E-state index contributed by atoms with van der Waals surface area (Å²) in [6.07, 6.45) is 0.363. The van der Waals surface area contributed by atoms with Crippen LogP contribution in [0.25, 0.3) is 0 Å². The van der Waals surface area contributed by atoms with Crippen molar-refractivity contribution in [2.75, 3.05) is 23.3 Å². The molecule has 3 aromatic carbocycles. The van der Waals surface area contributed by atoms with Crippen LogP contribution in [0, 0.1) is 33.5 Å². The first-order valence-electron chi connectivity index (χ1n) is 11.0. The molecule has 0 aliphatic heterocycles. The Balaban J connectivity index is 1.70. The molecule has 0 bridgehead atoms. The van der Waals surface area contributed by atoms with Crippen LogP contribution in [0.15, 0.2) is 65.6 Å². The van der Waals surface area contributed by atoms with E-state index in [2.05, 4.69) is 10.0 Å². The second kappa shape index (κ2) is 10.8. The van der Waals surface area contributed by atoms with Crippen LogP contribution in [-0.2, 0) is 10.0 Å². The van der Waals surface area contributed by atoms with E-state index in [-0.39, 0.29) is 24.0 Å². The van der Waals surface area contributed by atoms with Gasteiger partial charge in [0.2, 0.25) is 10.0 Å². The predicted octanol–water partition coefficient (Wildman–Crippen LogP) is 5.47. The number of rotatable bonds is 8. The first kappa shape index (κ1) is 25.4. The lowest BCUT2D eigenvalue weighted by Crippen LogP contribution is -2.37. The van der Waals surface area contributed by atoms with E-state index < -0.39 is 15.8 Å². The van der Waals surface area contributed by atoms with Crippen LogP contribution in [-0.4, -0.2) is 27.5 Å². The van der Waals surface area contributed by atoms with Crippen molar-refractivity contribution in [1.29, 1.82) is 0 Å². The molecule has 3 aromatic rings. The zero-order chi connectivity index (χ0) is 24.9. The SMILES string of the molecule is Cc1ccc(NC(=O)N(CCCNS(=O)(=O)c2c(C)cc(C)cc2C)c2ccc(F)cc2)cc1. The highest BCUT2D eigenvalue weighted by Gasteiger charge is 2.20. The van der Waals surface area contributed by atoms with Gasteiger partial charge < -0.3 is 5.32 Å². The Hall–Kier alpha value is -3.23. The average Bonchev–Trinajstić information content (AvgIpc) is 2.75. The summed E-state index contributed by atoms with van der Waals surface area (Å²) >= 11 is 0. The topological polar surface area (TPSA) is 78.5 Å². The lowest BCUT2D eigenvalue weighted by molar-refractivity contribution is 0.257. The number of carbonyl (C=O) groups excluding carboxylic acids is 1. The molecule has 0 aromatic heterocycles. The number of halogens is 1. The van der Waals surface area contributed by atoms with Crippen molar-refractivity contribution in [3.63, 3.8) is 0 Å². The number of aryl methyl sites for hydroxylation is 4. The number of benzene rings is 3.